The number of hydrogen-bond acceptors (Lipinski definition) is 4. The maximum absolute atomic E-state index is 5.86. The van der Waals surface area contributed by atoms with Crippen LogP contribution in [0.25, 0.3) is 11.1 Å². The van der Waals surface area contributed by atoms with E-state index in [1.165, 1.54) is 5.56 Å². The minimum atomic E-state index is 0.304. The zero-order valence-corrected chi connectivity index (χ0v) is 12.2. The fraction of sp³-hybridized carbons (Fsp3) is 0.235. The highest BCUT2D eigenvalue weighted by Gasteiger charge is 2.10. The molecule has 4 heteroatoms. The van der Waals surface area contributed by atoms with Crippen molar-refractivity contribution in [1.29, 1.82) is 0 Å². The number of nitrogens with zero attached hydrogens (tertiary/aromatic N) is 1. The average molecular weight is 282 g/mol. The van der Waals surface area contributed by atoms with Gasteiger partial charge in [-0.2, -0.15) is 0 Å². The molecule has 1 aromatic heterocycles. The first-order valence-electron chi connectivity index (χ1n) is 7.00. The smallest absolute Gasteiger partial charge is 0.233 e. The Kier molecular flexibility index (Phi) is 3.52. The van der Waals surface area contributed by atoms with E-state index in [9.17, 15) is 0 Å². The summed E-state index contributed by atoms with van der Waals surface area (Å²) in [4.78, 5) is 4.40. The molecule has 4 nitrogen and oxygen atoms in total. The summed E-state index contributed by atoms with van der Waals surface area (Å²) < 4.78 is 11.5. The highest BCUT2D eigenvalue weighted by Crippen LogP contribution is 2.27. The molecular formula is C17H18N2O2. The van der Waals surface area contributed by atoms with Gasteiger partial charge in [0.05, 0.1) is 0 Å². The van der Waals surface area contributed by atoms with Gasteiger partial charge in [0.15, 0.2) is 12.2 Å². The number of oxazole rings is 1. The lowest BCUT2D eigenvalue weighted by atomic mass is 10.0. The summed E-state index contributed by atoms with van der Waals surface area (Å²) in [5, 5.41) is 0. The maximum Gasteiger partial charge on any atom is 0.233 e. The van der Waals surface area contributed by atoms with Crippen LogP contribution in [0.3, 0.4) is 0 Å². The molecule has 0 saturated carbocycles. The van der Waals surface area contributed by atoms with Gasteiger partial charge < -0.3 is 14.9 Å². The van der Waals surface area contributed by atoms with Crippen LogP contribution in [-0.4, -0.2) is 4.98 Å². The van der Waals surface area contributed by atoms with Crippen LogP contribution >= 0.6 is 0 Å². The quantitative estimate of drug-likeness (QED) is 0.731. The third-order valence-electron chi connectivity index (χ3n) is 3.35. The van der Waals surface area contributed by atoms with Crippen LogP contribution in [0.1, 0.15) is 31.2 Å². The van der Waals surface area contributed by atoms with Gasteiger partial charge in [-0.15, -0.1) is 0 Å². The van der Waals surface area contributed by atoms with Crippen LogP contribution in [0.4, 0.5) is 5.69 Å². The van der Waals surface area contributed by atoms with Gasteiger partial charge in [0.2, 0.25) is 5.89 Å². The van der Waals surface area contributed by atoms with E-state index in [4.69, 9.17) is 14.9 Å². The van der Waals surface area contributed by atoms with Gasteiger partial charge in [0.1, 0.15) is 11.3 Å². The molecule has 3 aromatic rings. The van der Waals surface area contributed by atoms with Gasteiger partial charge >= 0.3 is 0 Å². The normalized spacial score (nSPS) is 11.2. The Morgan fingerprint density at radius 1 is 1.19 bits per heavy atom. The van der Waals surface area contributed by atoms with Crippen molar-refractivity contribution in [3.63, 3.8) is 0 Å². The minimum Gasteiger partial charge on any atom is -0.484 e. The lowest BCUT2D eigenvalue weighted by Crippen LogP contribution is -1.99. The molecule has 0 aliphatic heterocycles. The van der Waals surface area contributed by atoms with E-state index in [0.717, 1.165) is 11.3 Å². The number of benzene rings is 2. The summed E-state index contributed by atoms with van der Waals surface area (Å²) in [5.74, 6) is 1.83. The number of anilines is 1. The van der Waals surface area contributed by atoms with E-state index in [0.29, 0.717) is 29.7 Å². The van der Waals surface area contributed by atoms with Crippen molar-refractivity contribution in [2.75, 3.05) is 5.73 Å². The first-order chi connectivity index (χ1) is 10.1. The summed E-state index contributed by atoms with van der Waals surface area (Å²) >= 11 is 0. The van der Waals surface area contributed by atoms with Crippen molar-refractivity contribution < 1.29 is 9.15 Å². The maximum atomic E-state index is 5.86. The van der Waals surface area contributed by atoms with E-state index in [-0.39, 0.29) is 0 Å². The van der Waals surface area contributed by atoms with Crippen LogP contribution in [0.5, 0.6) is 5.75 Å². The third kappa shape index (κ3) is 2.84. The summed E-state index contributed by atoms with van der Waals surface area (Å²) in [6.45, 7) is 4.59. The second-order valence-corrected chi connectivity index (χ2v) is 5.32. The molecule has 1 heterocycles. The molecule has 0 aliphatic carbocycles. The van der Waals surface area contributed by atoms with Crippen molar-refractivity contribution in [3.05, 3.63) is 53.9 Å². The summed E-state index contributed by atoms with van der Waals surface area (Å²) in [6, 6.07) is 13.5. The van der Waals surface area contributed by atoms with E-state index in [1.54, 1.807) is 6.07 Å². The molecule has 0 aliphatic rings. The zero-order valence-electron chi connectivity index (χ0n) is 12.2. The number of aromatic nitrogens is 1. The highest BCUT2D eigenvalue weighted by molar-refractivity contribution is 5.76. The van der Waals surface area contributed by atoms with Crippen molar-refractivity contribution in [2.24, 2.45) is 0 Å². The SMILES string of the molecule is CC(C)c1ccccc1OCc1nc2ccc(N)cc2o1. The average Bonchev–Trinajstić information content (AvgIpc) is 2.87. The Bertz CT molecular complexity index is 762. The molecular weight excluding hydrogens is 264 g/mol. The highest BCUT2D eigenvalue weighted by atomic mass is 16.5. The second-order valence-electron chi connectivity index (χ2n) is 5.32. The van der Waals surface area contributed by atoms with Gasteiger partial charge in [-0.05, 0) is 29.7 Å². The Labute approximate surface area is 123 Å². The standard InChI is InChI=1S/C17H18N2O2/c1-11(2)13-5-3-4-6-15(13)20-10-17-19-14-8-7-12(18)9-16(14)21-17/h3-9,11H,10,18H2,1-2H3. The predicted octanol–water partition coefficient (Wildman–Crippen LogP) is 4.11. The molecule has 0 saturated heterocycles. The molecule has 0 spiro atoms. The molecule has 2 aromatic carbocycles. The molecule has 108 valence electrons. The van der Waals surface area contributed by atoms with Crippen LogP contribution in [0.2, 0.25) is 0 Å². The van der Waals surface area contributed by atoms with Gasteiger partial charge in [0, 0.05) is 11.8 Å². The summed E-state index contributed by atoms with van der Waals surface area (Å²) in [7, 11) is 0. The molecule has 0 atom stereocenters. The number of para-hydroxylation sites is 1. The number of fused-ring (bicyclic) bond motifs is 1. The zero-order chi connectivity index (χ0) is 14.8. The van der Waals surface area contributed by atoms with Crippen molar-refractivity contribution in [2.45, 2.75) is 26.4 Å². The van der Waals surface area contributed by atoms with Crippen molar-refractivity contribution >= 4 is 16.8 Å². The fourth-order valence-corrected chi connectivity index (χ4v) is 2.28. The number of ether oxygens (including phenoxy) is 1. The topological polar surface area (TPSA) is 61.3 Å². The van der Waals surface area contributed by atoms with E-state index >= 15 is 0 Å². The van der Waals surface area contributed by atoms with Crippen LogP contribution in [0, 0.1) is 0 Å². The molecule has 0 bridgehead atoms. The molecule has 0 fully saturated rings. The Balaban J connectivity index is 1.80. The first kappa shape index (κ1) is 13.5. The fourth-order valence-electron chi connectivity index (χ4n) is 2.28. The molecule has 3 rings (SSSR count). The van der Waals surface area contributed by atoms with E-state index in [1.807, 2.05) is 30.3 Å². The van der Waals surface area contributed by atoms with Gasteiger partial charge in [-0.25, -0.2) is 4.98 Å². The van der Waals surface area contributed by atoms with E-state index < -0.39 is 0 Å². The monoisotopic (exact) mass is 282 g/mol. The van der Waals surface area contributed by atoms with Crippen LogP contribution in [-0.2, 0) is 6.61 Å². The lowest BCUT2D eigenvalue weighted by molar-refractivity contribution is 0.264. The number of rotatable bonds is 4. The molecule has 21 heavy (non-hydrogen) atoms. The van der Waals surface area contributed by atoms with E-state index in [2.05, 4.69) is 24.9 Å². The lowest BCUT2D eigenvalue weighted by Gasteiger charge is -2.12. The molecule has 0 amide bonds. The van der Waals surface area contributed by atoms with Crippen molar-refractivity contribution in [3.8, 4) is 5.75 Å². The third-order valence-corrected chi connectivity index (χ3v) is 3.35. The summed E-state index contributed by atoms with van der Waals surface area (Å²) in [5.41, 5.74) is 9.05. The predicted molar refractivity (Wildman–Crippen MR) is 83.3 cm³/mol. The second kappa shape index (κ2) is 5.48. The molecule has 0 radical (unpaired) electrons. The number of nitrogens with two attached hydrogens (primary N) is 1. The van der Waals surface area contributed by atoms with Crippen LogP contribution < -0.4 is 10.5 Å². The van der Waals surface area contributed by atoms with Crippen molar-refractivity contribution in [1.82, 2.24) is 4.98 Å². The van der Waals surface area contributed by atoms with Gasteiger partial charge in [-0.1, -0.05) is 32.0 Å². The van der Waals surface area contributed by atoms with Crippen LogP contribution in [0.15, 0.2) is 46.9 Å². The van der Waals surface area contributed by atoms with Gasteiger partial charge in [0.25, 0.3) is 0 Å². The number of nitrogen functional groups attached to an aromatic ring is 1. The Morgan fingerprint density at radius 2 is 2.00 bits per heavy atom. The minimum absolute atomic E-state index is 0.304. The Morgan fingerprint density at radius 3 is 2.81 bits per heavy atom. The first-order valence-corrected chi connectivity index (χ1v) is 7.00. The summed E-state index contributed by atoms with van der Waals surface area (Å²) in [6.07, 6.45) is 0. The largest absolute Gasteiger partial charge is 0.484 e. The number of hydrogen-bond donors (Lipinski definition) is 1. The van der Waals surface area contributed by atoms with Gasteiger partial charge in [-0.3, -0.25) is 0 Å². The molecule has 0 unspecified atom stereocenters. The molecule has 2 N–H and O–H groups in total. The Hall–Kier alpha value is -2.49.